The monoisotopic (exact) mass is 427 g/mol. The molecule has 0 atom stereocenters. The number of hydrogen-bond donors (Lipinski definition) is 1. The summed E-state index contributed by atoms with van der Waals surface area (Å²) in [6, 6.07) is 12.9. The Hall–Kier alpha value is -2.32. The second-order valence-electron chi connectivity index (χ2n) is 5.12. The Kier molecular flexibility index (Phi) is 7.04. The molecule has 138 valence electrons. The van der Waals surface area contributed by atoms with Crippen LogP contribution in [0.3, 0.4) is 0 Å². The maximum Gasteiger partial charge on any atom is 0.416 e. The third kappa shape index (κ3) is 5.58. The predicted octanol–water partition coefficient (Wildman–Crippen LogP) is 6.62. The van der Waals surface area contributed by atoms with Crippen LogP contribution >= 0.6 is 35.0 Å². The van der Waals surface area contributed by atoms with Crippen LogP contribution in [0, 0.1) is 22.7 Å². The van der Waals surface area contributed by atoms with Gasteiger partial charge in [0.1, 0.15) is 17.2 Å². The lowest BCUT2D eigenvalue weighted by atomic mass is 10.2. The van der Waals surface area contributed by atoms with Crippen molar-refractivity contribution in [1.29, 1.82) is 10.5 Å². The largest absolute Gasteiger partial charge is 0.416 e. The van der Waals surface area contributed by atoms with E-state index in [2.05, 4.69) is 5.32 Å². The summed E-state index contributed by atoms with van der Waals surface area (Å²) in [5.41, 5.74) is -0.424. The minimum Gasteiger partial charge on any atom is -0.349 e. The van der Waals surface area contributed by atoms with E-state index in [1.807, 2.05) is 0 Å². The molecule has 0 saturated heterocycles. The molecule has 2 aromatic carbocycles. The van der Waals surface area contributed by atoms with E-state index in [4.69, 9.17) is 33.7 Å². The molecule has 0 heterocycles. The Balaban J connectivity index is 2.31. The van der Waals surface area contributed by atoms with E-state index in [0.717, 1.165) is 23.9 Å². The zero-order chi connectivity index (χ0) is 20.0. The lowest BCUT2D eigenvalue weighted by molar-refractivity contribution is -0.137. The van der Waals surface area contributed by atoms with Gasteiger partial charge in [0, 0.05) is 21.5 Å². The Labute approximate surface area is 168 Å². The molecule has 0 aliphatic carbocycles. The highest BCUT2D eigenvalue weighted by atomic mass is 35.5. The summed E-state index contributed by atoms with van der Waals surface area (Å²) in [5.74, 6) is 0.215. The van der Waals surface area contributed by atoms with Crippen LogP contribution in [0.2, 0.25) is 10.0 Å². The molecular weight excluding hydrogens is 418 g/mol. The molecule has 27 heavy (non-hydrogen) atoms. The van der Waals surface area contributed by atoms with Gasteiger partial charge in [0.05, 0.1) is 5.56 Å². The average molecular weight is 428 g/mol. The van der Waals surface area contributed by atoms with Crippen molar-refractivity contribution in [2.75, 3.05) is 5.32 Å². The van der Waals surface area contributed by atoms with Crippen LogP contribution in [0.15, 0.2) is 53.1 Å². The minimum absolute atomic E-state index is 0.0978. The van der Waals surface area contributed by atoms with Crippen LogP contribution in [0.1, 0.15) is 11.1 Å². The second kappa shape index (κ2) is 9.05. The van der Waals surface area contributed by atoms with Gasteiger partial charge >= 0.3 is 6.18 Å². The number of benzene rings is 2. The number of allylic oxidation sites excluding steroid dienone is 1. The first-order valence-corrected chi connectivity index (χ1v) is 9.05. The number of alkyl halides is 3. The topological polar surface area (TPSA) is 59.6 Å². The van der Waals surface area contributed by atoms with Gasteiger partial charge in [-0.25, -0.2) is 0 Å². The van der Waals surface area contributed by atoms with E-state index >= 15 is 0 Å². The first-order chi connectivity index (χ1) is 12.8. The zero-order valence-electron chi connectivity index (χ0n) is 13.4. The molecule has 0 radical (unpaired) electrons. The Morgan fingerprint density at radius 3 is 2.19 bits per heavy atom. The summed E-state index contributed by atoms with van der Waals surface area (Å²) in [6.07, 6.45) is -4.51. The normalized spacial score (nSPS) is 10.6. The highest BCUT2D eigenvalue weighted by Gasteiger charge is 2.30. The van der Waals surface area contributed by atoms with Gasteiger partial charge in [-0.15, -0.1) is 11.8 Å². The quantitative estimate of drug-likeness (QED) is 0.544. The summed E-state index contributed by atoms with van der Waals surface area (Å²) in [4.78, 5) is 0. The Morgan fingerprint density at radius 1 is 1.04 bits per heavy atom. The highest BCUT2D eigenvalue weighted by Crippen LogP contribution is 2.34. The molecule has 0 saturated carbocycles. The average Bonchev–Trinajstić information content (AvgIpc) is 2.61. The first kappa shape index (κ1) is 21.0. The van der Waals surface area contributed by atoms with Crippen LogP contribution in [-0.2, 0) is 11.9 Å². The molecule has 0 aromatic heterocycles. The van der Waals surface area contributed by atoms with Crippen LogP contribution in [0.25, 0.3) is 0 Å². The maximum absolute atomic E-state index is 12.9. The Morgan fingerprint density at radius 2 is 1.63 bits per heavy atom. The number of thioether (sulfide) groups is 1. The number of nitriles is 2. The highest BCUT2D eigenvalue weighted by molar-refractivity contribution is 8.02. The van der Waals surface area contributed by atoms with Gasteiger partial charge in [-0.2, -0.15) is 23.7 Å². The van der Waals surface area contributed by atoms with Crippen molar-refractivity contribution in [1.82, 2.24) is 0 Å². The van der Waals surface area contributed by atoms with E-state index in [-0.39, 0.29) is 22.0 Å². The van der Waals surface area contributed by atoms with Crippen molar-refractivity contribution in [2.24, 2.45) is 0 Å². The third-order valence-corrected chi connectivity index (χ3v) is 5.06. The number of anilines is 1. The fourth-order valence-electron chi connectivity index (χ4n) is 2.02. The van der Waals surface area contributed by atoms with Gasteiger partial charge in [0.2, 0.25) is 0 Å². The summed E-state index contributed by atoms with van der Waals surface area (Å²) in [5, 5.41) is 21.9. The van der Waals surface area contributed by atoms with Crippen LogP contribution in [-0.4, -0.2) is 0 Å². The summed E-state index contributed by atoms with van der Waals surface area (Å²) in [6.45, 7) is 0. The van der Waals surface area contributed by atoms with Crippen LogP contribution in [0.4, 0.5) is 18.9 Å². The van der Waals surface area contributed by atoms with Crippen molar-refractivity contribution in [3.63, 3.8) is 0 Å². The fourth-order valence-corrected chi connectivity index (χ4v) is 3.73. The molecule has 2 rings (SSSR count). The summed E-state index contributed by atoms with van der Waals surface area (Å²) < 4.78 is 38.6. The van der Waals surface area contributed by atoms with Crippen molar-refractivity contribution in [3.8, 4) is 12.1 Å². The second-order valence-corrected chi connectivity index (χ2v) is 6.92. The van der Waals surface area contributed by atoms with Gasteiger partial charge in [-0.3, -0.25) is 0 Å². The number of hydrogen-bond acceptors (Lipinski definition) is 4. The summed E-state index contributed by atoms with van der Waals surface area (Å²) in [7, 11) is 0. The molecule has 0 bridgehead atoms. The van der Waals surface area contributed by atoms with Crippen molar-refractivity contribution in [2.45, 2.75) is 11.9 Å². The molecule has 1 N–H and O–H groups in total. The zero-order valence-corrected chi connectivity index (χ0v) is 15.8. The number of nitrogens with zero attached hydrogens (tertiary/aromatic N) is 2. The third-order valence-electron chi connectivity index (χ3n) is 3.32. The van der Waals surface area contributed by atoms with E-state index in [9.17, 15) is 13.2 Å². The molecule has 2 aromatic rings. The van der Waals surface area contributed by atoms with Crippen LogP contribution in [0.5, 0.6) is 0 Å². The maximum atomic E-state index is 12.9. The van der Waals surface area contributed by atoms with Crippen molar-refractivity contribution >= 4 is 40.7 Å². The number of nitrogens with one attached hydrogen (secondary N) is 1. The van der Waals surface area contributed by atoms with E-state index < -0.39 is 11.7 Å². The van der Waals surface area contributed by atoms with Crippen molar-refractivity contribution < 1.29 is 13.2 Å². The molecule has 0 unspecified atom stereocenters. The van der Waals surface area contributed by atoms with Gasteiger partial charge in [0.25, 0.3) is 0 Å². The number of halogens is 5. The van der Waals surface area contributed by atoms with Gasteiger partial charge in [0.15, 0.2) is 5.57 Å². The molecule has 0 amide bonds. The number of rotatable bonds is 5. The molecule has 0 fully saturated rings. The van der Waals surface area contributed by atoms with Gasteiger partial charge in [-0.05, 0) is 35.9 Å². The van der Waals surface area contributed by atoms with Gasteiger partial charge < -0.3 is 5.32 Å². The van der Waals surface area contributed by atoms with Crippen LogP contribution < -0.4 is 5.32 Å². The predicted molar refractivity (Wildman–Crippen MR) is 101 cm³/mol. The molecule has 3 nitrogen and oxygen atoms in total. The molecule has 9 heteroatoms. The van der Waals surface area contributed by atoms with Gasteiger partial charge in [-0.1, -0.05) is 35.3 Å². The van der Waals surface area contributed by atoms with E-state index in [0.29, 0.717) is 15.6 Å². The lowest BCUT2D eigenvalue weighted by Gasteiger charge is -2.14. The lowest BCUT2D eigenvalue weighted by Crippen LogP contribution is -2.06. The fraction of sp³-hybridized carbons (Fsp3) is 0.111. The molecule has 0 aliphatic heterocycles. The first-order valence-electron chi connectivity index (χ1n) is 7.30. The van der Waals surface area contributed by atoms with E-state index in [1.54, 1.807) is 30.3 Å². The molecule has 0 spiro atoms. The summed E-state index contributed by atoms with van der Waals surface area (Å²) >= 11 is 13.2. The molecule has 0 aliphatic rings. The SMILES string of the molecule is N#CC(C#N)=C(Nc1cccc(C(F)(F)F)c1)SCc1c(Cl)cccc1Cl. The smallest absolute Gasteiger partial charge is 0.349 e. The molecular formula is C18H10Cl2F3N3S. The standard InChI is InChI=1S/C18H10Cl2F3N3S/c19-15-5-2-6-16(20)14(15)10-27-17(11(8-24)9-25)26-13-4-1-3-12(7-13)18(21,22)23/h1-7,26H,10H2. The Bertz CT molecular complexity index is 923. The van der Waals surface area contributed by atoms with Crippen molar-refractivity contribution in [3.05, 3.63) is 74.2 Å². The van der Waals surface area contributed by atoms with E-state index in [1.165, 1.54) is 12.1 Å². The minimum atomic E-state index is -4.51.